The van der Waals surface area contributed by atoms with Crippen LogP contribution in [-0.4, -0.2) is 42.5 Å². The number of H-pyrrole nitrogens is 1. The molecule has 1 saturated carbocycles. The number of ether oxygens (including phenoxy) is 2. The molecule has 2 atom stereocenters. The second-order valence-electron chi connectivity index (χ2n) is 8.22. The summed E-state index contributed by atoms with van der Waals surface area (Å²) in [4.78, 5) is 29.4. The van der Waals surface area contributed by atoms with Gasteiger partial charge in [-0.3, -0.25) is 14.3 Å². The van der Waals surface area contributed by atoms with Crippen LogP contribution in [0.1, 0.15) is 38.2 Å². The molecule has 1 aromatic carbocycles. The Labute approximate surface area is 183 Å². The molecule has 31 heavy (non-hydrogen) atoms. The Morgan fingerprint density at radius 1 is 1.16 bits per heavy atom. The molecule has 0 radical (unpaired) electrons. The Bertz CT molecular complexity index is 941. The van der Waals surface area contributed by atoms with E-state index in [1.165, 1.54) is 23.8 Å². The number of methoxy groups -OCH3 is 1. The Morgan fingerprint density at radius 2 is 1.90 bits per heavy atom. The third kappa shape index (κ3) is 5.98. The summed E-state index contributed by atoms with van der Waals surface area (Å²) < 4.78 is 12.6. The quantitative estimate of drug-likeness (QED) is 0.600. The van der Waals surface area contributed by atoms with E-state index >= 15 is 0 Å². The number of benzene rings is 1. The first-order chi connectivity index (χ1) is 15.0. The molecule has 1 fully saturated rings. The maximum absolute atomic E-state index is 12.8. The number of hydrogen-bond donors (Lipinski definition) is 2. The SMILES string of the molecule is COCCn1c(N)c(N(CCOC2CCCCC2C)Cc2ccccc2)c(=O)[nH]c1=O. The molecule has 170 valence electrons. The van der Waals surface area contributed by atoms with Gasteiger partial charge in [0.15, 0.2) is 0 Å². The molecular weight excluding hydrogens is 396 g/mol. The van der Waals surface area contributed by atoms with Crippen LogP contribution in [0.4, 0.5) is 11.5 Å². The van der Waals surface area contributed by atoms with Gasteiger partial charge in [-0.25, -0.2) is 4.79 Å². The monoisotopic (exact) mass is 430 g/mol. The van der Waals surface area contributed by atoms with Crippen molar-refractivity contribution in [3.05, 3.63) is 56.7 Å². The van der Waals surface area contributed by atoms with Crippen LogP contribution in [0, 0.1) is 5.92 Å². The normalized spacial score (nSPS) is 18.8. The van der Waals surface area contributed by atoms with Crippen LogP contribution in [0.3, 0.4) is 0 Å². The molecule has 8 nitrogen and oxygen atoms in total. The standard InChI is InChI=1S/C23H34N4O4/c1-17-8-6-7-11-19(17)31-15-12-26(16-18-9-4-3-5-10-18)20-21(24)27(13-14-30-2)23(29)25-22(20)28/h3-5,9-10,17,19H,6-8,11-16,24H2,1-2H3,(H,25,28,29). The molecule has 8 heteroatoms. The summed E-state index contributed by atoms with van der Waals surface area (Å²) >= 11 is 0. The highest BCUT2D eigenvalue weighted by Gasteiger charge is 2.23. The highest BCUT2D eigenvalue weighted by atomic mass is 16.5. The second kappa shape index (κ2) is 11.2. The lowest BCUT2D eigenvalue weighted by Gasteiger charge is -2.31. The molecule has 1 aliphatic rings. The van der Waals surface area contributed by atoms with E-state index in [4.69, 9.17) is 15.2 Å². The predicted octanol–water partition coefficient (Wildman–Crippen LogP) is 2.37. The van der Waals surface area contributed by atoms with Crippen LogP contribution in [0.5, 0.6) is 0 Å². The van der Waals surface area contributed by atoms with E-state index < -0.39 is 11.2 Å². The first-order valence-corrected chi connectivity index (χ1v) is 11.0. The fourth-order valence-electron chi connectivity index (χ4n) is 4.21. The fraction of sp³-hybridized carbons (Fsp3) is 0.565. The molecule has 3 N–H and O–H groups in total. The zero-order chi connectivity index (χ0) is 22.2. The highest BCUT2D eigenvalue weighted by Crippen LogP contribution is 2.26. The molecule has 0 amide bonds. The average Bonchev–Trinajstić information content (AvgIpc) is 2.75. The summed E-state index contributed by atoms with van der Waals surface area (Å²) in [5.74, 6) is 0.688. The summed E-state index contributed by atoms with van der Waals surface area (Å²) in [6, 6.07) is 9.87. The third-order valence-corrected chi connectivity index (χ3v) is 5.99. The number of nitrogens with two attached hydrogens (primary N) is 1. The molecule has 1 aliphatic carbocycles. The van der Waals surface area contributed by atoms with Crippen molar-refractivity contribution in [1.82, 2.24) is 9.55 Å². The van der Waals surface area contributed by atoms with Crippen LogP contribution in [0.25, 0.3) is 0 Å². The van der Waals surface area contributed by atoms with Gasteiger partial charge in [0.2, 0.25) is 0 Å². The highest BCUT2D eigenvalue weighted by molar-refractivity contribution is 5.62. The Kier molecular flexibility index (Phi) is 8.31. The van der Waals surface area contributed by atoms with Crippen LogP contribution in [0.2, 0.25) is 0 Å². The van der Waals surface area contributed by atoms with Crippen LogP contribution >= 0.6 is 0 Å². The van der Waals surface area contributed by atoms with E-state index in [1.807, 2.05) is 35.2 Å². The lowest BCUT2D eigenvalue weighted by atomic mass is 9.88. The molecule has 1 heterocycles. The molecule has 2 unspecified atom stereocenters. The van der Waals surface area contributed by atoms with E-state index in [2.05, 4.69) is 11.9 Å². The smallest absolute Gasteiger partial charge is 0.330 e. The lowest BCUT2D eigenvalue weighted by molar-refractivity contribution is -0.00139. The molecule has 3 rings (SSSR count). The number of nitrogens with zero attached hydrogens (tertiary/aromatic N) is 2. The number of anilines is 2. The largest absolute Gasteiger partial charge is 0.383 e. The van der Waals surface area contributed by atoms with Gasteiger partial charge in [-0.05, 0) is 24.3 Å². The maximum Gasteiger partial charge on any atom is 0.330 e. The summed E-state index contributed by atoms with van der Waals surface area (Å²) in [5, 5.41) is 0. The zero-order valence-corrected chi connectivity index (χ0v) is 18.5. The van der Waals surface area contributed by atoms with Gasteiger partial charge < -0.3 is 20.1 Å². The molecule has 2 aromatic rings. The molecule has 0 aliphatic heterocycles. The Morgan fingerprint density at radius 3 is 2.61 bits per heavy atom. The first-order valence-electron chi connectivity index (χ1n) is 11.0. The molecule has 0 bridgehead atoms. The van der Waals surface area contributed by atoms with Gasteiger partial charge in [0.1, 0.15) is 11.5 Å². The Hall–Kier alpha value is -2.58. The van der Waals surface area contributed by atoms with Gasteiger partial charge in [0.25, 0.3) is 5.56 Å². The molecule has 0 spiro atoms. The molecule has 0 saturated heterocycles. The van der Waals surface area contributed by atoms with Crippen molar-refractivity contribution in [3.63, 3.8) is 0 Å². The topological polar surface area (TPSA) is 103 Å². The second-order valence-corrected chi connectivity index (χ2v) is 8.22. The fourth-order valence-corrected chi connectivity index (χ4v) is 4.21. The van der Waals surface area contributed by atoms with Crippen molar-refractivity contribution in [2.24, 2.45) is 5.92 Å². The van der Waals surface area contributed by atoms with Gasteiger partial charge in [0, 0.05) is 20.2 Å². The minimum Gasteiger partial charge on any atom is -0.383 e. The van der Waals surface area contributed by atoms with Crippen molar-refractivity contribution >= 4 is 11.5 Å². The van der Waals surface area contributed by atoms with Gasteiger partial charge in [-0.15, -0.1) is 0 Å². The number of nitrogens with one attached hydrogen (secondary N) is 1. The van der Waals surface area contributed by atoms with Crippen LogP contribution in [-0.2, 0) is 22.6 Å². The van der Waals surface area contributed by atoms with E-state index in [9.17, 15) is 9.59 Å². The lowest BCUT2D eigenvalue weighted by Crippen LogP contribution is -2.40. The predicted molar refractivity (Wildman–Crippen MR) is 122 cm³/mol. The Balaban J connectivity index is 1.85. The minimum atomic E-state index is -0.532. The van der Waals surface area contributed by atoms with Crippen LogP contribution < -0.4 is 21.9 Å². The number of nitrogen functional groups attached to an aromatic ring is 1. The van der Waals surface area contributed by atoms with Gasteiger partial charge in [-0.1, -0.05) is 50.1 Å². The number of aromatic amines is 1. The van der Waals surface area contributed by atoms with Crippen LogP contribution in [0.15, 0.2) is 39.9 Å². The third-order valence-electron chi connectivity index (χ3n) is 5.99. The van der Waals surface area contributed by atoms with Gasteiger partial charge in [-0.2, -0.15) is 0 Å². The summed E-state index contributed by atoms with van der Waals surface area (Å²) in [6.45, 7) is 4.28. The van der Waals surface area contributed by atoms with Crippen molar-refractivity contribution < 1.29 is 9.47 Å². The average molecular weight is 431 g/mol. The van der Waals surface area contributed by atoms with Crippen molar-refractivity contribution in [2.75, 3.05) is 37.5 Å². The molecular formula is C23H34N4O4. The summed E-state index contributed by atoms with van der Waals surface area (Å²) in [5.41, 5.74) is 6.64. The number of hydrogen-bond acceptors (Lipinski definition) is 6. The number of rotatable bonds is 10. The number of aromatic nitrogens is 2. The van der Waals surface area contributed by atoms with Crippen molar-refractivity contribution in [3.8, 4) is 0 Å². The summed E-state index contributed by atoms with van der Waals surface area (Å²) in [7, 11) is 1.55. The van der Waals surface area contributed by atoms with E-state index in [1.54, 1.807) is 7.11 Å². The zero-order valence-electron chi connectivity index (χ0n) is 18.5. The molecule has 1 aromatic heterocycles. The first kappa shape index (κ1) is 23.1. The van der Waals surface area contributed by atoms with E-state index in [0.717, 1.165) is 12.0 Å². The maximum atomic E-state index is 12.8. The van der Waals surface area contributed by atoms with Gasteiger partial charge in [0.05, 0.1) is 25.9 Å². The minimum absolute atomic E-state index is 0.146. The van der Waals surface area contributed by atoms with E-state index in [-0.39, 0.29) is 18.5 Å². The van der Waals surface area contributed by atoms with Crippen molar-refractivity contribution in [2.45, 2.75) is 51.8 Å². The van der Waals surface area contributed by atoms with Gasteiger partial charge >= 0.3 is 5.69 Å². The van der Waals surface area contributed by atoms with Crippen molar-refractivity contribution in [1.29, 1.82) is 0 Å². The van der Waals surface area contributed by atoms with E-state index in [0.29, 0.717) is 37.9 Å². The summed E-state index contributed by atoms with van der Waals surface area (Å²) in [6.07, 6.45) is 4.97.